The molecule has 0 spiro atoms. The van der Waals surface area contributed by atoms with Crippen molar-refractivity contribution < 1.29 is 18.0 Å². The number of halogens is 3. The molecule has 6 nitrogen and oxygen atoms in total. The van der Waals surface area contributed by atoms with Crippen LogP contribution in [0.25, 0.3) is 10.9 Å². The number of fused-ring (bicyclic) bond motifs is 2. The maximum absolute atomic E-state index is 14.2. The van der Waals surface area contributed by atoms with Crippen LogP contribution >= 0.6 is 0 Å². The Labute approximate surface area is 177 Å². The molecule has 1 aliphatic carbocycles. The van der Waals surface area contributed by atoms with Gasteiger partial charge in [0.25, 0.3) is 0 Å². The minimum absolute atomic E-state index is 0.129. The number of amides is 1. The Kier molecular flexibility index (Phi) is 4.50. The molecule has 1 aromatic carbocycles. The first-order valence-corrected chi connectivity index (χ1v) is 10.4. The SMILES string of the molecule is N#Cc1ccc(C2NCC3(C(F)(F)F)CC23C(=O)NC2CCNCC2)c2cccnc12. The third-order valence-corrected chi connectivity index (χ3v) is 7.27. The fourth-order valence-corrected chi connectivity index (χ4v) is 5.56. The first kappa shape index (κ1) is 20.2. The minimum Gasteiger partial charge on any atom is -0.353 e. The van der Waals surface area contributed by atoms with Crippen molar-refractivity contribution in [2.75, 3.05) is 19.6 Å². The van der Waals surface area contributed by atoms with Gasteiger partial charge >= 0.3 is 6.18 Å². The van der Waals surface area contributed by atoms with Crippen molar-refractivity contribution in [3.8, 4) is 6.07 Å². The van der Waals surface area contributed by atoms with Crippen LogP contribution in [0.15, 0.2) is 30.5 Å². The summed E-state index contributed by atoms with van der Waals surface area (Å²) in [5.74, 6) is -0.534. The Bertz CT molecular complexity index is 1090. The minimum atomic E-state index is -4.50. The second-order valence-corrected chi connectivity index (χ2v) is 8.75. The number of benzene rings is 1. The molecule has 1 aromatic heterocycles. The summed E-state index contributed by atoms with van der Waals surface area (Å²) in [7, 11) is 0. The molecule has 9 heteroatoms. The summed E-state index contributed by atoms with van der Waals surface area (Å²) in [6.45, 7) is 1.16. The molecule has 3 unspecified atom stereocenters. The molecule has 3 fully saturated rings. The Hall–Kier alpha value is -2.70. The molecule has 2 aliphatic heterocycles. The summed E-state index contributed by atoms with van der Waals surface area (Å²) >= 11 is 0. The van der Waals surface area contributed by atoms with Crippen LogP contribution in [0.5, 0.6) is 0 Å². The average Bonchev–Trinajstić information content (AvgIpc) is 3.36. The van der Waals surface area contributed by atoms with Crippen molar-refractivity contribution >= 4 is 16.8 Å². The highest BCUT2D eigenvalue weighted by atomic mass is 19.4. The van der Waals surface area contributed by atoms with Crippen molar-refractivity contribution in [3.63, 3.8) is 0 Å². The maximum atomic E-state index is 14.2. The van der Waals surface area contributed by atoms with Gasteiger partial charge in [-0.2, -0.15) is 18.4 Å². The van der Waals surface area contributed by atoms with Crippen LogP contribution in [-0.2, 0) is 4.79 Å². The lowest BCUT2D eigenvalue weighted by atomic mass is 9.83. The number of carbonyl (C=O) groups is 1. The van der Waals surface area contributed by atoms with Gasteiger partial charge in [-0.1, -0.05) is 12.1 Å². The van der Waals surface area contributed by atoms with Gasteiger partial charge in [0.15, 0.2) is 0 Å². The highest BCUT2D eigenvalue weighted by Gasteiger charge is 2.87. The fraction of sp³-hybridized carbons (Fsp3) is 0.500. The summed E-state index contributed by atoms with van der Waals surface area (Å²) in [5, 5.41) is 19.1. The zero-order valence-corrected chi connectivity index (χ0v) is 16.7. The van der Waals surface area contributed by atoms with Crippen LogP contribution in [-0.4, -0.2) is 42.7 Å². The van der Waals surface area contributed by atoms with Gasteiger partial charge in [-0.3, -0.25) is 9.78 Å². The van der Waals surface area contributed by atoms with E-state index in [0.29, 0.717) is 34.9 Å². The molecule has 3 heterocycles. The number of hydrogen-bond acceptors (Lipinski definition) is 5. The number of hydrogen-bond donors (Lipinski definition) is 3. The predicted molar refractivity (Wildman–Crippen MR) is 107 cm³/mol. The van der Waals surface area contributed by atoms with Gasteiger partial charge in [0.2, 0.25) is 5.91 Å². The third kappa shape index (κ3) is 2.78. The normalized spacial score (nSPS) is 30.6. The van der Waals surface area contributed by atoms with Gasteiger partial charge in [-0.15, -0.1) is 0 Å². The lowest BCUT2D eigenvalue weighted by Gasteiger charge is -2.30. The smallest absolute Gasteiger partial charge is 0.353 e. The number of nitrogens with zero attached hydrogens (tertiary/aromatic N) is 2. The fourth-order valence-electron chi connectivity index (χ4n) is 5.56. The van der Waals surface area contributed by atoms with E-state index in [-0.39, 0.29) is 19.0 Å². The van der Waals surface area contributed by atoms with Crippen LogP contribution in [0.4, 0.5) is 13.2 Å². The van der Waals surface area contributed by atoms with Gasteiger partial charge in [0.05, 0.1) is 21.9 Å². The summed E-state index contributed by atoms with van der Waals surface area (Å²) in [6, 6.07) is 7.80. The van der Waals surface area contributed by atoms with Crippen LogP contribution in [0.3, 0.4) is 0 Å². The van der Waals surface area contributed by atoms with Crippen molar-refractivity contribution in [1.82, 2.24) is 20.9 Å². The summed E-state index contributed by atoms with van der Waals surface area (Å²) < 4.78 is 42.6. The van der Waals surface area contributed by atoms with E-state index in [1.807, 2.05) is 0 Å². The van der Waals surface area contributed by atoms with Crippen LogP contribution < -0.4 is 16.0 Å². The summed E-state index contributed by atoms with van der Waals surface area (Å²) in [5.41, 5.74) is -2.32. The Morgan fingerprint density at radius 1 is 1.26 bits per heavy atom. The van der Waals surface area contributed by atoms with E-state index in [1.165, 1.54) is 0 Å². The summed E-state index contributed by atoms with van der Waals surface area (Å²) in [4.78, 5) is 17.7. The molecule has 1 amide bonds. The monoisotopic (exact) mass is 429 g/mol. The van der Waals surface area contributed by atoms with Gasteiger partial charge in [-0.25, -0.2) is 0 Å². The second-order valence-electron chi connectivity index (χ2n) is 8.75. The molecule has 3 N–H and O–H groups in total. The Balaban J connectivity index is 1.59. The van der Waals surface area contributed by atoms with Crippen LogP contribution in [0, 0.1) is 22.2 Å². The van der Waals surface area contributed by atoms with Crippen molar-refractivity contribution in [3.05, 3.63) is 41.6 Å². The number of aromatic nitrogens is 1. The van der Waals surface area contributed by atoms with Crippen molar-refractivity contribution in [2.24, 2.45) is 10.8 Å². The topological polar surface area (TPSA) is 89.8 Å². The molecule has 3 aliphatic rings. The largest absolute Gasteiger partial charge is 0.396 e. The molecule has 1 saturated carbocycles. The average molecular weight is 429 g/mol. The Morgan fingerprint density at radius 2 is 2.03 bits per heavy atom. The summed E-state index contributed by atoms with van der Waals surface area (Å²) in [6.07, 6.45) is -1.79. The van der Waals surface area contributed by atoms with E-state index in [0.717, 1.165) is 13.1 Å². The van der Waals surface area contributed by atoms with E-state index in [4.69, 9.17) is 0 Å². The van der Waals surface area contributed by atoms with Crippen molar-refractivity contribution in [1.29, 1.82) is 5.26 Å². The molecule has 3 atom stereocenters. The Morgan fingerprint density at radius 3 is 2.71 bits per heavy atom. The van der Waals surface area contributed by atoms with Crippen molar-refractivity contribution in [2.45, 2.75) is 37.5 Å². The number of carbonyl (C=O) groups excluding carboxylic acids is 1. The zero-order chi connectivity index (χ0) is 21.9. The van der Waals surface area contributed by atoms with E-state index in [9.17, 15) is 23.2 Å². The maximum Gasteiger partial charge on any atom is 0.396 e. The lowest BCUT2D eigenvalue weighted by molar-refractivity contribution is -0.193. The number of nitriles is 1. The van der Waals surface area contributed by atoms with Crippen LogP contribution in [0.1, 0.15) is 36.4 Å². The molecular weight excluding hydrogens is 407 g/mol. The third-order valence-electron chi connectivity index (χ3n) is 7.27. The van der Waals surface area contributed by atoms with E-state index in [1.54, 1.807) is 30.5 Å². The molecular formula is C22H22F3N5O. The first-order valence-electron chi connectivity index (χ1n) is 10.4. The molecule has 2 saturated heterocycles. The van der Waals surface area contributed by atoms with Gasteiger partial charge in [-0.05, 0) is 50.0 Å². The number of pyridine rings is 1. The number of rotatable bonds is 3. The van der Waals surface area contributed by atoms with Crippen LogP contribution in [0.2, 0.25) is 0 Å². The molecule has 31 heavy (non-hydrogen) atoms. The zero-order valence-electron chi connectivity index (χ0n) is 16.7. The van der Waals surface area contributed by atoms with E-state index < -0.39 is 29.0 Å². The quantitative estimate of drug-likeness (QED) is 0.698. The number of alkyl halides is 3. The highest BCUT2D eigenvalue weighted by molar-refractivity contribution is 5.93. The second kappa shape index (κ2) is 6.90. The number of piperidine rings is 2. The number of nitrogens with one attached hydrogen (secondary N) is 3. The van der Waals surface area contributed by atoms with E-state index in [2.05, 4.69) is 27.0 Å². The molecule has 162 valence electrons. The van der Waals surface area contributed by atoms with Gasteiger partial charge < -0.3 is 16.0 Å². The molecule has 2 aromatic rings. The molecule has 0 radical (unpaired) electrons. The predicted octanol–water partition coefficient (Wildman–Crippen LogP) is 2.56. The first-order chi connectivity index (χ1) is 14.8. The van der Waals surface area contributed by atoms with E-state index >= 15 is 0 Å². The lowest BCUT2D eigenvalue weighted by Crippen LogP contribution is -2.48. The highest BCUT2D eigenvalue weighted by Crippen LogP contribution is 2.78. The molecule has 5 rings (SSSR count). The van der Waals surface area contributed by atoms with Gasteiger partial charge in [0, 0.05) is 30.2 Å². The standard InChI is InChI=1S/C22H22F3N5O/c23-22(24,25)20-11-21(20,19(31)30-14-5-8-27-9-6-14)18(29-12-20)16-4-3-13(10-26)17-15(16)2-1-7-28-17/h1-4,7,14,18,27,29H,5-6,8-9,11-12H2,(H,30,31). The van der Waals surface area contributed by atoms with Gasteiger partial charge in [0.1, 0.15) is 6.07 Å². The molecule has 0 bridgehead atoms.